The Bertz CT molecular complexity index is 569. The Morgan fingerprint density at radius 1 is 1.27 bits per heavy atom. The maximum Gasteiger partial charge on any atom is 0.317 e. The number of hydrogen-bond donors (Lipinski definition) is 1. The van der Waals surface area contributed by atoms with Crippen molar-refractivity contribution in [1.82, 2.24) is 20.0 Å². The number of nitrogens with one attached hydrogen (secondary N) is 1. The van der Waals surface area contributed by atoms with E-state index in [1.165, 1.54) is 0 Å². The molecule has 0 unspecified atom stereocenters. The molecule has 1 aliphatic rings. The van der Waals surface area contributed by atoms with Crippen molar-refractivity contribution in [1.29, 1.82) is 0 Å². The average Bonchev–Trinajstić information content (AvgIpc) is 2.65. The lowest BCUT2D eigenvalue weighted by Crippen LogP contribution is -2.55. The van der Waals surface area contributed by atoms with Gasteiger partial charge in [0.15, 0.2) is 0 Å². The third kappa shape index (κ3) is 5.86. The largest absolute Gasteiger partial charge is 0.496 e. The van der Waals surface area contributed by atoms with E-state index in [1.807, 2.05) is 24.3 Å². The minimum atomic E-state index is -0.0745. The smallest absolute Gasteiger partial charge is 0.317 e. The van der Waals surface area contributed by atoms with Crippen LogP contribution in [-0.4, -0.2) is 94.4 Å². The quantitative estimate of drug-likeness (QED) is 0.749. The molecule has 0 bridgehead atoms. The molecule has 1 atom stereocenters. The second-order valence-corrected chi connectivity index (χ2v) is 6.81. The van der Waals surface area contributed by atoms with E-state index in [2.05, 4.69) is 29.2 Å². The summed E-state index contributed by atoms with van der Waals surface area (Å²) in [5.41, 5.74) is 0.982. The highest BCUT2D eigenvalue weighted by Gasteiger charge is 2.23. The highest BCUT2D eigenvalue weighted by Crippen LogP contribution is 2.19. The molecule has 0 saturated carbocycles. The second-order valence-electron chi connectivity index (χ2n) is 6.81. The summed E-state index contributed by atoms with van der Waals surface area (Å²) in [6.45, 7) is 5.19. The van der Waals surface area contributed by atoms with Gasteiger partial charge in [0.05, 0.1) is 20.3 Å². The van der Waals surface area contributed by atoms with Gasteiger partial charge in [-0.25, -0.2) is 4.79 Å². The summed E-state index contributed by atoms with van der Waals surface area (Å²) in [4.78, 5) is 19.1. The Labute approximate surface area is 156 Å². The number of nitrogens with zero attached hydrogens (tertiary/aromatic N) is 3. The fourth-order valence-corrected chi connectivity index (χ4v) is 3.13. The number of hydrogen-bond acceptors (Lipinski definition) is 5. The van der Waals surface area contributed by atoms with Gasteiger partial charge in [-0.15, -0.1) is 0 Å². The highest BCUT2D eigenvalue weighted by molar-refractivity contribution is 5.74. The van der Waals surface area contributed by atoms with Crippen LogP contribution in [0.4, 0.5) is 4.79 Å². The van der Waals surface area contributed by atoms with Crippen LogP contribution in [0.3, 0.4) is 0 Å². The van der Waals surface area contributed by atoms with Gasteiger partial charge in [0.25, 0.3) is 0 Å². The van der Waals surface area contributed by atoms with E-state index in [0.717, 1.165) is 30.9 Å². The van der Waals surface area contributed by atoms with Crippen molar-refractivity contribution in [2.24, 2.45) is 0 Å². The summed E-state index contributed by atoms with van der Waals surface area (Å²) in [6, 6.07) is 8.03. The number of ether oxygens (including phenoxy) is 2. The summed E-state index contributed by atoms with van der Waals surface area (Å²) in [6.07, 6.45) is 0. The van der Waals surface area contributed by atoms with E-state index in [4.69, 9.17) is 9.47 Å². The molecule has 26 heavy (non-hydrogen) atoms. The van der Waals surface area contributed by atoms with E-state index < -0.39 is 0 Å². The minimum Gasteiger partial charge on any atom is -0.496 e. The molecule has 146 valence electrons. The van der Waals surface area contributed by atoms with Gasteiger partial charge in [0, 0.05) is 51.4 Å². The fourth-order valence-electron chi connectivity index (χ4n) is 3.13. The van der Waals surface area contributed by atoms with Crippen LogP contribution in [0.15, 0.2) is 24.3 Å². The minimum absolute atomic E-state index is 0.0745. The molecular weight excluding hydrogens is 332 g/mol. The summed E-state index contributed by atoms with van der Waals surface area (Å²) >= 11 is 0. The SMILES string of the molecule is COCCN(Cc1ccccc1OC)C(=O)NC[C@H]1CN(C)CCN1C. The van der Waals surface area contributed by atoms with Crippen molar-refractivity contribution in [3.05, 3.63) is 29.8 Å². The predicted molar refractivity (Wildman–Crippen MR) is 103 cm³/mol. The number of urea groups is 1. The lowest BCUT2D eigenvalue weighted by atomic mass is 10.2. The first kappa shape index (κ1) is 20.5. The monoisotopic (exact) mass is 364 g/mol. The first-order chi connectivity index (χ1) is 12.5. The Morgan fingerprint density at radius 2 is 2.04 bits per heavy atom. The van der Waals surface area contributed by atoms with Crippen LogP contribution >= 0.6 is 0 Å². The van der Waals surface area contributed by atoms with Crippen LogP contribution in [-0.2, 0) is 11.3 Å². The normalized spacial score (nSPS) is 18.5. The molecule has 1 fully saturated rings. The maximum atomic E-state index is 12.8. The average molecular weight is 364 g/mol. The zero-order chi connectivity index (χ0) is 18.9. The van der Waals surface area contributed by atoms with Gasteiger partial charge in [-0.05, 0) is 20.2 Å². The summed E-state index contributed by atoms with van der Waals surface area (Å²) in [5, 5.41) is 3.09. The molecule has 0 aliphatic carbocycles. The summed E-state index contributed by atoms with van der Waals surface area (Å²) < 4.78 is 10.6. The van der Waals surface area contributed by atoms with Crippen LogP contribution in [0, 0.1) is 0 Å². The second kappa shape index (κ2) is 10.4. The molecule has 7 heteroatoms. The van der Waals surface area contributed by atoms with E-state index in [1.54, 1.807) is 19.1 Å². The van der Waals surface area contributed by atoms with Crippen molar-refractivity contribution in [3.8, 4) is 5.75 Å². The number of piperazine rings is 1. The topological polar surface area (TPSA) is 57.3 Å². The Balaban J connectivity index is 1.97. The van der Waals surface area contributed by atoms with Crippen molar-refractivity contribution in [2.45, 2.75) is 12.6 Å². The van der Waals surface area contributed by atoms with E-state index in [0.29, 0.717) is 32.3 Å². The van der Waals surface area contributed by atoms with Gasteiger partial charge in [-0.3, -0.25) is 4.90 Å². The Morgan fingerprint density at radius 3 is 2.77 bits per heavy atom. The van der Waals surface area contributed by atoms with Gasteiger partial charge in [0.1, 0.15) is 5.75 Å². The number of carbonyl (C=O) groups excluding carboxylic acids is 1. The number of methoxy groups -OCH3 is 2. The van der Waals surface area contributed by atoms with E-state index in [9.17, 15) is 4.79 Å². The van der Waals surface area contributed by atoms with Crippen molar-refractivity contribution >= 4 is 6.03 Å². The number of rotatable bonds is 8. The summed E-state index contributed by atoms with van der Waals surface area (Å²) in [5.74, 6) is 0.788. The van der Waals surface area contributed by atoms with Crippen LogP contribution < -0.4 is 10.1 Å². The van der Waals surface area contributed by atoms with Crippen LogP contribution in [0.1, 0.15) is 5.56 Å². The van der Waals surface area contributed by atoms with E-state index >= 15 is 0 Å². The third-order valence-corrected chi connectivity index (χ3v) is 4.88. The molecule has 1 heterocycles. The number of carbonyl (C=O) groups is 1. The molecule has 1 saturated heterocycles. The van der Waals surface area contributed by atoms with Crippen molar-refractivity contribution < 1.29 is 14.3 Å². The lowest BCUT2D eigenvalue weighted by molar-refractivity contribution is 0.110. The van der Waals surface area contributed by atoms with E-state index in [-0.39, 0.29) is 6.03 Å². The summed E-state index contributed by atoms with van der Waals surface area (Å²) in [7, 11) is 7.52. The zero-order valence-corrected chi connectivity index (χ0v) is 16.4. The van der Waals surface area contributed by atoms with Gasteiger partial charge in [0.2, 0.25) is 0 Å². The molecule has 7 nitrogen and oxygen atoms in total. The highest BCUT2D eigenvalue weighted by atomic mass is 16.5. The number of amides is 2. The lowest BCUT2D eigenvalue weighted by Gasteiger charge is -2.38. The zero-order valence-electron chi connectivity index (χ0n) is 16.4. The Kier molecular flexibility index (Phi) is 8.15. The predicted octanol–water partition coefficient (Wildman–Crippen LogP) is 1.10. The first-order valence-electron chi connectivity index (χ1n) is 9.07. The van der Waals surface area contributed by atoms with Gasteiger partial charge in [-0.2, -0.15) is 0 Å². The molecule has 1 aliphatic heterocycles. The third-order valence-electron chi connectivity index (χ3n) is 4.88. The number of likely N-dealkylation sites (N-methyl/N-ethyl adjacent to an activating group) is 2. The van der Waals surface area contributed by atoms with Gasteiger partial charge >= 0.3 is 6.03 Å². The van der Waals surface area contributed by atoms with Gasteiger partial charge in [-0.1, -0.05) is 18.2 Å². The maximum absolute atomic E-state index is 12.8. The molecule has 0 aromatic heterocycles. The fraction of sp³-hybridized carbons (Fsp3) is 0.632. The Hall–Kier alpha value is -1.83. The van der Waals surface area contributed by atoms with Crippen LogP contribution in [0.5, 0.6) is 5.75 Å². The van der Waals surface area contributed by atoms with Gasteiger partial charge < -0.3 is 24.6 Å². The molecule has 0 radical (unpaired) electrons. The molecule has 0 spiro atoms. The molecule has 2 rings (SSSR count). The molecule has 1 N–H and O–H groups in total. The number of benzene rings is 1. The standard InChI is InChI=1S/C19H32N4O3/c1-21-9-10-22(2)17(15-21)13-20-19(24)23(11-12-25-3)14-16-7-5-6-8-18(16)26-4/h5-8,17H,9-15H2,1-4H3,(H,20,24)/t17-/m0/s1. The van der Waals surface area contributed by atoms with Crippen molar-refractivity contribution in [3.63, 3.8) is 0 Å². The molecule has 1 aromatic rings. The van der Waals surface area contributed by atoms with Crippen molar-refractivity contribution in [2.75, 3.05) is 67.6 Å². The molecular formula is C19H32N4O3. The number of para-hydroxylation sites is 1. The molecule has 1 aromatic carbocycles. The van der Waals surface area contributed by atoms with Crippen LogP contribution in [0.25, 0.3) is 0 Å². The van der Waals surface area contributed by atoms with Crippen LogP contribution in [0.2, 0.25) is 0 Å². The first-order valence-corrected chi connectivity index (χ1v) is 9.07. The molecule has 2 amide bonds.